The molecule has 27 heavy (non-hydrogen) atoms. The van der Waals surface area contributed by atoms with Gasteiger partial charge >= 0.3 is 0 Å². The normalized spacial score (nSPS) is 11.0. The fourth-order valence-corrected chi connectivity index (χ4v) is 4.03. The van der Waals surface area contributed by atoms with Gasteiger partial charge in [-0.25, -0.2) is 8.78 Å². The van der Waals surface area contributed by atoms with Gasteiger partial charge in [-0.2, -0.15) is 0 Å². The summed E-state index contributed by atoms with van der Waals surface area (Å²) >= 11 is 15.8. The smallest absolute Gasteiger partial charge is 0.269 e. The highest BCUT2D eigenvalue weighted by atomic mass is 79.9. The molecule has 0 bridgehead atoms. The largest absolute Gasteiger partial charge is 0.278 e. The molecule has 3 rings (SSSR count). The molecule has 0 aliphatic carbocycles. The number of benzene rings is 2. The Kier molecular flexibility index (Phi) is 6.04. The number of pyridine rings is 1. The quantitative estimate of drug-likeness (QED) is 0.438. The Hall–Kier alpha value is -1.69. The van der Waals surface area contributed by atoms with Crippen molar-refractivity contribution >= 4 is 39.1 Å². The van der Waals surface area contributed by atoms with Crippen molar-refractivity contribution in [3.8, 4) is 5.69 Å². The standard InChI is InChI=1S/C20H14BrCl2F2NO/c1-11-10-12(8-9-13-16(24)6-3-7-17(13)25)18(21)20(27)26(11)19-14(22)4-2-5-15(19)23/h2-7,10H,8-9H2,1H3. The Morgan fingerprint density at radius 2 is 1.56 bits per heavy atom. The van der Waals surface area contributed by atoms with Crippen LogP contribution in [0.1, 0.15) is 16.8 Å². The minimum absolute atomic E-state index is 0.000352. The lowest BCUT2D eigenvalue weighted by atomic mass is 10.0. The summed E-state index contributed by atoms with van der Waals surface area (Å²) in [6.07, 6.45) is 0.429. The van der Waals surface area contributed by atoms with E-state index in [1.807, 2.05) is 0 Å². The van der Waals surface area contributed by atoms with Crippen LogP contribution < -0.4 is 5.56 Å². The van der Waals surface area contributed by atoms with E-state index in [-0.39, 0.29) is 17.5 Å². The third kappa shape index (κ3) is 3.96. The van der Waals surface area contributed by atoms with Crippen LogP contribution in [0.15, 0.2) is 51.7 Å². The Bertz CT molecular complexity index is 1040. The molecule has 7 heteroatoms. The zero-order chi connectivity index (χ0) is 19.7. The van der Waals surface area contributed by atoms with E-state index in [0.717, 1.165) is 0 Å². The van der Waals surface area contributed by atoms with Gasteiger partial charge in [-0.05, 0) is 71.6 Å². The zero-order valence-electron chi connectivity index (χ0n) is 14.2. The number of halogens is 5. The molecule has 0 radical (unpaired) electrons. The monoisotopic (exact) mass is 471 g/mol. The molecule has 2 nitrogen and oxygen atoms in total. The van der Waals surface area contributed by atoms with E-state index >= 15 is 0 Å². The van der Waals surface area contributed by atoms with E-state index in [9.17, 15) is 13.6 Å². The Balaban J connectivity index is 2.02. The van der Waals surface area contributed by atoms with Gasteiger partial charge in [-0.15, -0.1) is 0 Å². The van der Waals surface area contributed by atoms with Crippen LogP contribution in [0.2, 0.25) is 10.0 Å². The molecule has 1 heterocycles. The summed E-state index contributed by atoms with van der Waals surface area (Å²) in [6, 6.07) is 10.5. The minimum atomic E-state index is -0.598. The van der Waals surface area contributed by atoms with Crippen LogP contribution in [-0.4, -0.2) is 4.57 Å². The van der Waals surface area contributed by atoms with Crippen molar-refractivity contribution in [2.24, 2.45) is 0 Å². The van der Waals surface area contributed by atoms with E-state index in [1.54, 1.807) is 31.2 Å². The molecule has 0 amide bonds. The van der Waals surface area contributed by atoms with Crippen molar-refractivity contribution in [1.29, 1.82) is 0 Å². The van der Waals surface area contributed by atoms with Crippen LogP contribution >= 0.6 is 39.1 Å². The zero-order valence-corrected chi connectivity index (χ0v) is 17.3. The van der Waals surface area contributed by atoms with Gasteiger partial charge in [0.15, 0.2) is 0 Å². The maximum atomic E-state index is 13.8. The Morgan fingerprint density at radius 3 is 2.15 bits per heavy atom. The van der Waals surface area contributed by atoms with Gasteiger partial charge in [0, 0.05) is 11.3 Å². The molecule has 0 unspecified atom stereocenters. The average molecular weight is 473 g/mol. The Labute approximate surface area is 173 Å². The predicted molar refractivity (Wildman–Crippen MR) is 108 cm³/mol. The first-order valence-corrected chi connectivity index (χ1v) is 9.64. The van der Waals surface area contributed by atoms with Crippen LogP contribution in [0.4, 0.5) is 8.78 Å². The lowest BCUT2D eigenvalue weighted by Crippen LogP contribution is -2.23. The number of aromatic nitrogens is 1. The molecule has 2 aromatic carbocycles. The second-order valence-corrected chi connectivity index (χ2v) is 7.64. The lowest BCUT2D eigenvalue weighted by molar-refractivity contribution is 0.554. The van der Waals surface area contributed by atoms with E-state index in [1.165, 1.54) is 22.8 Å². The van der Waals surface area contributed by atoms with Gasteiger partial charge in [0.2, 0.25) is 0 Å². The molecule has 1 aromatic heterocycles. The lowest BCUT2D eigenvalue weighted by Gasteiger charge is -2.16. The van der Waals surface area contributed by atoms with Gasteiger partial charge in [0.1, 0.15) is 11.6 Å². The molecule has 0 atom stereocenters. The van der Waals surface area contributed by atoms with Crippen LogP contribution in [0, 0.1) is 18.6 Å². The molecular weight excluding hydrogens is 459 g/mol. The van der Waals surface area contributed by atoms with Gasteiger partial charge in [-0.3, -0.25) is 9.36 Å². The molecule has 0 fully saturated rings. The molecule has 0 aliphatic rings. The van der Waals surface area contributed by atoms with E-state index in [4.69, 9.17) is 23.2 Å². The molecule has 0 aliphatic heterocycles. The third-order valence-corrected chi connectivity index (χ3v) is 5.73. The third-order valence-electron chi connectivity index (χ3n) is 4.28. The van der Waals surface area contributed by atoms with E-state index in [2.05, 4.69) is 15.9 Å². The van der Waals surface area contributed by atoms with Gasteiger partial charge < -0.3 is 0 Å². The van der Waals surface area contributed by atoms with Crippen LogP contribution in [0.3, 0.4) is 0 Å². The summed E-state index contributed by atoms with van der Waals surface area (Å²) in [4.78, 5) is 12.9. The average Bonchev–Trinajstić information content (AvgIpc) is 2.61. The van der Waals surface area contributed by atoms with Crippen molar-refractivity contribution in [2.75, 3.05) is 0 Å². The summed E-state index contributed by atoms with van der Waals surface area (Å²) in [5.41, 5.74) is 1.33. The number of hydrogen-bond acceptors (Lipinski definition) is 1. The summed E-state index contributed by atoms with van der Waals surface area (Å²) in [6.45, 7) is 1.75. The highest BCUT2D eigenvalue weighted by molar-refractivity contribution is 9.10. The maximum absolute atomic E-state index is 13.8. The first-order chi connectivity index (χ1) is 12.8. The topological polar surface area (TPSA) is 22.0 Å². The van der Waals surface area contributed by atoms with Crippen molar-refractivity contribution in [3.05, 3.63) is 95.8 Å². The van der Waals surface area contributed by atoms with Gasteiger partial charge in [-0.1, -0.05) is 35.3 Å². The molecule has 0 spiro atoms. The summed E-state index contributed by atoms with van der Waals surface area (Å²) in [5, 5.41) is 0.696. The fraction of sp³-hybridized carbons (Fsp3) is 0.150. The SMILES string of the molecule is Cc1cc(CCc2c(F)cccc2F)c(Br)c(=O)n1-c1c(Cl)cccc1Cl. The van der Waals surface area contributed by atoms with Crippen LogP contribution in [0.5, 0.6) is 0 Å². The number of aryl methyl sites for hydroxylation is 2. The number of hydrogen-bond donors (Lipinski definition) is 0. The minimum Gasteiger partial charge on any atom is -0.278 e. The molecular formula is C20H14BrCl2F2NO. The second kappa shape index (κ2) is 8.13. The number of rotatable bonds is 4. The summed E-state index contributed by atoms with van der Waals surface area (Å²) in [7, 11) is 0. The van der Waals surface area contributed by atoms with E-state index in [0.29, 0.717) is 37.9 Å². The van der Waals surface area contributed by atoms with Crippen molar-refractivity contribution in [3.63, 3.8) is 0 Å². The number of nitrogens with zero attached hydrogens (tertiary/aromatic N) is 1. The summed E-state index contributed by atoms with van der Waals surface area (Å²) in [5.74, 6) is -1.20. The molecule has 0 N–H and O–H groups in total. The maximum Gasteiger partial charge on any atom is 0.269 e. The summed E-state index contributed by atoms with van der Waals surface area (Å²) < 4.78 is 29.4. The van der Waals surface area contributed by atoms with Crippen molar-refractivity contribution < 1.29 is 8.78 Å². The Morgan fingerprint density at radius 1 is 1.00 bits per heavy atom. The molecule has 3 aromatic rings. The van der Waals surface area contributed by atoms with Gasteiger partial charge in [0.05, 0.1) is 20.2 Å². The first-order valence-electron chi connectivity index (χ1n) is 8.09. The van der Waals surface area contributed by atoms with Gasteiger partial charge in [0.25, 0.3) is 5.56 Å². The second-order valence-electron chi connectivity index (χ2n) is 6.04. The highest BCUT2D eigenvalue weighted by Crippen LogP contribution is 2.29. The van der Waals surface area contributed by atoms with E-state index < -0.39 is 11.6 Å². The van der Waals surface area contributed by atoms with Crippen LogP contribution in [-0.2, 0) is 12.8 Å². The fourth-order valence-electron chi connectivity index (χ4n) is 2.97. The highest BCUT2D eigenvalue weighted by Gasteiger charge is 2.17. The number of para-hydroxylation sites is 1. The predicted octanol–water partition coefficient (Wildman–Crippen LogP) is 6.28. The molecule has 0 saturated carbocycles. The van der Waals surface area contributed by atoms with Crippen molar-refractivity contribution in [2.45, 2.75) is 19.8 Å². The molecule has 0 saturated heterocycles. The first kappa shape index (κ1) is 20.1. The van der Waals surface area contributed by atoms with Crippen LogP contribution in [0.25, 0.3) is 5.69 Å². The molecule has 140 valence electrons. The van der Waals surface area contributed by atoms with Crippen molar-refractivity contribution in [1.82, 2.24) is 4.57 Å².